The van der Waals surface area contributed by atoms with Crippen molar-refractivity contribution in [1.29, 1.82) is 0 Å². The quantitative estimate of drug-likeness (QED) is 0.791. The summed E-state index contributed by atoms with van der Waals surface area (Å²) in [7, 11) is 4.23. The molecule has 0 unspecified atom stereocenters. The number of nitrogens with zero attached hydrogens (tertiary/aromatic N) is 3. The monoisotopic (exact) mass is 250 g/mol. The Kier molecular flexibility index (Phi) is 4.40. The Balaban J connectivity index is 1.72. The first kappa shape index (κ1) is 13.6. The Labute approximate surface area is 110 Å². The molecule has 4 heteroatoms. The van der Waals surface area contributed by atoms with E-state index < -0.39 is 0 Å². The Morgan fingerprint density at radius 3 is 2.61 bits per heavy atom. The van der Waals surface area contributed by atoms with E-state index in [4.69, 9.17) is 0 Å². The Morgan fingerprint density at radius 2 is 2.06 bits per heavy atom. The van der Waals surface area contributed by atoms with Crippen LogP contribution in [0, 0.1) is 13.8 Å². The molecule has 0 spiro atoms. The maximum Gasteiger partial charge on any atom is 0.0628 e. The fraction of sp³-hybridized carbons (Fsp3) is 0.786. The van der Waals surface area contributed by atoms with Crippen molar-refractivity contribution >= 4 is 0 Å². The van der Waals surface area contributed by atoms with Crippen LogP contribution in [0.25, 0.3) is 0 Å². The van der Waals surface area contributed by atoms with Gasteiger partial charge < -0.3 is 10.2 Å². The second-order valence-corrected chi connectivity index (χ2v) is 5.55. The fourth-order valence-corrected chi connectivity index (χ4v) is 2.34. The van der Waals surface area contributed by atoms with Crippen molar-refractivity contribution < 1.29 is 0 Å². The molecule has 2 rings (SSSR count). The summed E-state index contributed by atoms with van der Waals surface area (Å²) < 4.78 is 1.99. The Bertz CT molecular complexity index is 393. The molecule has 4 nitrogen and oxygen atoms in total. The molecule has 0 aliphatic heterocycles. The van der Waals surface area contributed by atoms with Crippen LogP contribution < -0.4 is 5.32 Å². The second-order valence-electron chi connectivity index (χ2n) is 5.55. The van der Waals surface area contributed by atoms with Gasteiger partial charge in [-0.05, 0) is 45.7 Å². The van der Waals surface area contributed by atoms with Gasteiger partial charge in [0, 0.05) is 38.4 Å². The van der Waals surface area contributed by atoms with E-state index >= 15 is 0 Å². The van der Waals surface area contributed by atoms with Crippen molar-refractivity contribution in [3.05, 3.63) is 17.0 Å². The summed E-state index contributed by atoms with van der Waals surface area (Å²) in [5, 5.41) is 8.02. The number of likely N-dealkylation sites (N-methyl/N-ethyl adjacent to an activating group) is 1. The summed E-state index contributed by atoms with van der Waals surface area (Å²) in [6.07, 6.45) is 3.85. The van der Waals surface area contributed by atoms with Crippen molar-refractivity contribution in [2.45, 2.75) is 39.2 Å². The molecule has 18 heavy (non-hydrogen) atoms. The zero-order chi connectivity index (χ0) is 13.1. The van der Waals surface area contributed by atoms with Crippen LogP contribution in [0.15, 0.2) is 0 Å². The number of nitrogens with one attached hydrogen (secondary N) is 1. The summed E-state index contributed by atoms with van der Waals surface area (Å²) in [6, 6.07) is 0.821. The predicted octanol–water partition coefficient (Wildman–Crippen LogP) is 1.26. The van der Waals surface area contributed by atoms with Crippen molar-refractivity contribution in [2.24, 2.45) is 7.05 Å². The van der Waals surface area contributed by atoms with Crippen molar-refractivity contribution in [3.63, 3.8) is 0 Å². The Hall–Kier alpha value is -0.870. The molecular formula is C14H26N4. The molecule has 1 N–H and O–H groups in total. The number of hydrogen-bond donors (Lipinski definition) is 1. The zero-order valence-electron chi connectivity index (χ0n) is 12.2. The van der Waals surface area contributed by atoms with Crippen LogP contribution in [0.4, 0.5) is 0 Å². The summed E-state index contributed by atoms with van der Waals surface area (Å²) >= 11 is 0. The summed E-state index contributed by atoms with van der Waals surface area (Å²) in [6.45, 7) is 7.63. The van der Waals surface area contributed by atoms with Crippen LogP contribution in [0.1, 0.15) is 29.8 Å². The highest BCUT2D eigenvalue weighted by atomic mass is 15.3. The van der Waals surface area contributed by atoms with Crippen molar-refractivity contribution in [2.75, 3.05) is 26.7 Å². The highest BCUT2D eigenvalue weighted by molar-refractivity contribution is 5.24. The van der Waals surface area contributed by atoms with Gasteiger partial charge in [-0.15, -0.1) is 0 Å². The van der Waals surface area contributed by atoms with Crippen LogP contribution in [-0.2, 0) is 13.5 Å². The molecule has 1 aliphatic carbocycles. The first-order valence-electron chi connectivity index (χ1n) is 6.99. The van der Waals surface area contributed by atoms with Gasteiger partial charge in [0.1, 0.15) is 0 Å². The molecular weight excluding hydrogens is 224 g/mol. The number of aryl methyl sites for hydroxylation is 2. The molecule has 1 aliphatic rings. The average Bonchev–Trinajstić information content (AvgIpc) is 3.08. The molecule has 0 bridgehead atoms. The molecule has 1 heterocycles. The summed E-state index contributed by atoms with van der Waals surface area (Å²) in [4.78, 5) is 2.40. The van der Waals surface area contributed by atoms with Gasteiger partial charge in [0.25, 0.3) is 0 Å². The van der Waals surface area contributed by atoms with Crippen molar-refractivity contribution in [3.8, 4) is 0 Å². The lowest BCUT2D eigenvalue weighted by atomic mass is 10.1. The molecule has 0 radical (unpaired) electrons. The van der Waals surface area contributed by atoms with Gasteiger partial charge in [0.05, 0.1) is 5.69 Å². The zero-order valence-corrected chi connectivity index (χ0v) is 12.2. The van der Waals surface area contributed by atoms with Crippen LogP contribution in [0.3, 0.4) is 0 Å². The van der Waals surface area contributed by atoms with E-state index in [1.165, 1.54) is 29.8 Å². The molecule has 0 aromatic carbocycles. The highest BCUT2D eigenvalue weighted by Crippen LogP contribution is 2.18. The number of hydrogen-bond acceptors (Lipinski definition) is 3. The van der Waals surface area contributed by atoms with Gasteiger partial charge in [0.15, 0.2) is 0 Å². The van der Waals surface area contributed by atoms with Gasteiger partial charge in [-0.3, -0.25) is 4.68 Å². The fourth-order valence-electron chi connectivity index (χ4n) is 2.34. The molecule has 1 saturated carbocycles. The maximum atomic E-state index is 4.47. The predicted molar refractivity (Wildman–Crippen MR) is 74.9 cm³/mol. The van der Waals surface area contributed by atoms with Crippen LogP contribution in [-0.4, -0.2) is 47.4 Å². The molecule has 0 atom stereocenters. The maximum absolute atomic E-state index is 4.47. The van der Waals surface area contributed by atoms with Crippen molar-refractivity contribution in [1.82, 2.24) is 20.0 Å². The minimum Gasteiger partial charge on any atom is -0.313 e. The van der Waals surface area contributed by atoms with Crippen LogP contribution >= 0.6 is 0 Å². The highest BCUT2D eigenvalue weighted by Gasteiger charge is 2.19. The van der Waals surface area contributed by atoms with Crippen LogP contribution in [0.2, 0.25) is 0 Å². The SMILES string of the molecule is Cc1nn(C)c(C)c1CCN(C)CCNC1CC1. The van der Waals surface area contributed by atoms with E-state index in [0.29, 0.717) is 0 Å². The topological polar surface area (TPSA) is 33.1 Å². The minimum atomic E-state index is 0.821. The van der Waals surface area contributed by atoms with Gasteiger partial charge >= 0.3 is 0 Å². The average molecular weight is 250 g/mol. The Morgan fingerprint density at radius 1 is 1.33 bits per heavy atom. The van der Waals surface area contributed by atoms with E-state index in [1.54, 1.807) is 0 Å². The van der Waals surface area contributed by atoms with E-state index in [0.717, 1.165) is 32.1 Å². The van der Waals surface area contributed by atoms with E-state index in [9.17, 15) is 0 Å². The third-order valence-corrected chi connectivity index (χ3v) is 3.91. The molecule has 0 amide bonds. The van der Waals surface area contributed by atoms with Crippen LogP contribution in [0.5, 0.6) is 0 Å². The third kappa shape index (κ3) is 3.56. The number of aromatic nitrogens is 2. The lowest BCUT2D eigenvalue weighted by Gasteiger charge is -2.17. The molecule has 102 valence electrons. The normalized spacial score (nSPS) is 15.6. The lowest BCUT2D eigenvalue weighted by molar-refractivity contribution is 0.335. The summed E-state index contributed by atoms with van der Waals surface area (Å²) in [5.41, 5.74) is 3.90. The first-order valence-corrected chi connectivity index (χ1v) is 6.99. The third-order valence-electron chi connectivity index (χ3n) is 3.91. The molecule has 1 aromatic rings. The standard InChI is InChI=1S/C14H26N4/c1-11-14(12(2)18(4)16-11)7-9-17(3)10-8-15-13-5-6-13/h13,15H,5-10H2,1-4H3. The van der Waals surface area contributed by atoms with Gasteiger partial charge in [-0.2, -0.15) is 5.10 Å². The largest absolute Gasteiger partial charge is 0.313 e. The minimum absolute atomic E-state index is 0.821. The smallest absolute Gasteiger partial charge is 0.0628 e. The molecule has 0 saturated heterocycles. The van der Waals surface area contributed by atoms with E-state index in [2.05, 4.69) is 36.2 Å². The molecule has 1 fully saturated rings. The number of rotatable bonds is 7. The lowest BCUT2D eigenvalue weighted by Crippen LogP contribution is -2.31. The van der Waals surface area contributed by atoms with Gasteiger partial charge in [-0.1, -0.05) is 0 Å². The first-order chi connectivity index (χ1) is 8.58. The molecule has 1 aromatic heterocycles. The van der Waals surface area contributed by atoms with Gasteiger partial charge in [-0.25, -0.2) is 0 Å². The second kappa shape index (κ2) is 5.85. The van der Waals surface area contributed by atoms with E-state index in [1.807, 2.05) is 11.7 Å². The summed E-state index contributed by atoms with van der Waals surface area (Å²) in [5.74, 6) is 0. The van der Waals surface area contributed by atoms with Gasteiger partial charge in [0.2, 0.25) is 0 Å². The van der Waals surface area contributed by atoms with E-state index in [-0.39, 0.29) is 0 Å².